The zero-order valence-corrected chi connectivity index (χ0v) is 17.6. The van der Waals surface area contributed by atoms with Gasteiger partial charge >= 0.3 is 0 Å². The first-order valence-corrected chi connectivity index (χ1v) is 9.17. The van der Waals surface area contributed by atoms with Crippen molar-refractivity contribution >= 4 is 28.9 Å². The Morgan fingerprint density at radius 1 is 1.10 bits per heavy atom. The maximum absolute atomic E-state index is 12.3. The van der Waals surface area contributed by atoms with Crippen molar-refractivity contribution in [1.29, 1.82) is 0 Å². The standard InChI is InChI=1S/C21H18ClN3O4.ClH/c1-29-20-7-4-17(22)13-19(20)23-21(26)14-24-10-8-16(9-11-24)12-15-2-5-18(6-3-15)25(27)28;/h2-11,13H,12,14H2,1H3;1H. The summed E-state index contributed by atoms with van der Waals surface area (Å²) in [7, 11) is 1.53. The fourth-order valence-electron chi connectivity index (χ4n) is 2.82. The Morgan fingerprint density at radius 3 is 2.33 bits per heavy atom. The molecule has 0 atom stereocenters. The van der Waals surface area contributed by atoms with Crippen LogP contribution in [-0.2, 0) is 17.8 Å². The van der Waals surface area contributed by atoms with Crippen LogP contribution in [0.2, 0.25) is 5.02 Å². The number of non-ortho nitro benzene ring substituents is 1. The number of halogens is 2. The van der Waals surface area contributed by atoms with E-state index in [1.807, 2.05) is 24.5 Å². The third kappa shape index (κ3) is 6.17. The summed E-state index contributed by atoms with van der Waals surface area (Å²) in [5.74, 6) is 0.324. The van der Waals surface area contributed by atoms with E-state index >= 15 is 0 Å². The number of nitrogens with zero attached hydrogens (tertiary/aromatic N) is 2. The summed E-state index contributed by atoms with van der Waals surface area (Å²) >= 11 is 5.98. The van der Waals surface area contributed by atoms with Crippen LogP contribution in [0.5, 0.6) is 5.75 Å². The topological polar surface area (TPSA) is 85.3 Å². The average Bonchev–Trinajstić information content (AvgIpc) is 2.70. The van der Waals surface area contributed by atoms with Gasteiger partial charge in [-0.1, -0.05) is 23.7 Å². The highest BCUT2D eigenvalue weighted by molar-refractivity contribution is 6.31. The fraction of sp³-hybridized carbons (Fsp3) is 0.143. The quantitative estimate of drug-likeness (QED) is 0.329. The second-order valence-corrected chi connectivity index (χ2v) is 6.81. The summed E-state index contributed by atoms with van der Waals surface area (Å²) in [5, 5.41) is 14.0. The molecule has 156 valence electrons. The molecular weight excluding hydrogens is 429 g/mol. The van der Waals surface area contributed by atoms with Crippen LogP contribution < -0.4 is 27.0 Å². The van der Waals surface area contributed by atoms with Gasteiger partial charge in [0.15, 0.2) is 12.4 Å². The molecule has 0 unspecified atom stereocenters. The molecule has 0 aliphatic rings. The van der Waals surface area contributed by atoms with E-state index in [0.29, 0.717) is 22.9 Å². The summed E-state index contributed by atoms with van der Waals surface area (Å²) in [6.07, 6.45) is 4.27. The second-order valence-electron chi connectivity index (χ2n) is 6.37. The van der Waals surface area contributed by atoms with Crippen molar-refractivity contribution in [1.82, 2.24) is 0 Å². The minimum absolute atomic E-state index is 0. The lowest BCUT2D eigenvalue weighted by molar-refractivity contribution is -0.684. The zero-order valence-electron chi connectivity index (χ0n) is 16.0. The number of hydrogen-bond donors (Lipinski definition) is 1. The lowest BCUT2D eigenvalue weighted by atomic mass is 10.1. The molecule has 0 bridgehead atoms. The molecule has 1 N–H and O–H groups in total. The average molecular weight is 448 g/mol. The number of rotatable bonds is 7. The number of hydrogen-bond acceptors (Lipinski definition) is 4. The van der Waals surface area contributed by atoms with E-state index in [4.69, 9.17) is 16.3 Å². The predicted octanol–water partition coefficient (Wildman–Crippen LogP) is 0.778. The maximum Gasteiger partial charge on any atom is 0.290 e. The van der Waals surface area contributed by atoms with E-state index in [2.05, 4.69) is 5.32 Å². The van der Waals surface area contributed by atoms with Gasteiger partial charge in [0.05, 0.1) is 17.7 Å². The van der Waals surface area contributed by atoms with E-state index in [0.717, 1.165) is 11.1 Å². The smallest absolute Gasteiger partial charge is 0.290 e. The predicted molar refractivity (Wildman–Crippen MR) is 109 cm³/mol. The summed E-state index contributed by atoms with van der Waals surface area (Å²) < 4.78 is 6.98. The molecule has 7 nitrogen and oxygen atoms in total. The Balaban J connectivity index is 0.00000320. The highest BCUT2D eigenvalue weighted by Gasteiger charge is 2.13. The van der Waals surface area contributed by atoms with Gasteiger partial charge in [-0.2, -0.15) is 4.57 Å². The van der Waals surface area contributed by atoms with Crippen LogP contribution in [0.4, 0.5) is 11.4 Å². The number of carbonyl (C=O) groups is 1. The minimum atomic E-state index is -0.417. The van der Waals surface area contributed by atoms with Crippen LogP contribution in [-0.4, -0.2) is 17.9 Å². The summed E-state index contributed by atoms with van der Waals surface area (Å²) in [5.41, 5.74) is 2.59. The van der Waals surface area contributed by atoms with Crippen molar-refractivity contribution in [2.45, 2.75) is 13.0 Å². The third-order valence-corrected chi connectivity index (χ3v) is 4.51. The molecule has 30 heavy (non-hydrogen) atoms. The molecule has 0 saturated carbocycles. The molecule has 3 aromatic rings. The Labute approximate surface area is 184 Å². The van der Waals surface area contributed by atoms with Gasteiger partial charge in [-0.05, 0) is 35.7 Å². The molecule has 9 heteroatoms. The van der Waals surface area contributed by atoms with Crippen LogP contribution in [0.1, 0.15) is 11.1 Å². The monoisotopic (exact) mass is 447 g/mol. The highest BCUT2D eigenvalue weighted by atomic mass is 35.5. The van der Waals surface area contributed by atoms with Gasteiger partial charge in [0.25, 0.3) is 11.6 Å². The van der Waals surface area contributed by atoms with Crippen LogP contribution in [0.15, 0.2) is 67.0 Å². The summed E-state index contributed by atoms with van der Waals surface area (Å²) in [6.45, 7) is 0.132. The molecule has 0 aliphatic heterocycles. The number of methoxy groups -OCH3 is 1. The van der Waals surface area contributed by atoms with E-state index < -0.39 is 4.92 Å². The zero-order chi connectivity index (χ0) is 20.8. The van der Waals surface area contributed by atoms with Gasteiger partial charge in [0, 0.05) is 29.3 Å². The van der Waals surface area contributed by atoms with Crippen LogP contribution in [0, 0.1) is 10.1 Å². The molecule has 0 saturated heterocycles. The molecule has 0 aliphatic carbocycles. The van der Waals surface area contributed by atoms with Gasteiger partial charge in [-0.3, -0.25) is 14.9 Å². The first-order chi connectivity index (χ1) is 13.9. The van der Waals surface area contributed by atoms with Gasteiger partial charge < -0.3 is 22.5 Å². The largest absolute Gasteiger partial charge is 1.00 e. The number of carbonyl (C=O) groups excluding carboxylic acids is 1. The molecule has 0 fully saturated rings. The number of ether oxygens (including phenoxy) is 1. The molecule has 3 rings (SSSR count). The van der Waals surface area contributed by atoms with Crippen molar-refractivity contribution in [3.05, 3.63) is 93.3 Å². The summed E-state index contributed by atoms with van der Waals surface area (Å²) in [4.78, 5) is 22.6. The van der Waals surface area contributed by atoms with Crippen LogP contribution >= 0.6 is 11.6 Å². The SMILES string of the molecule is COc1ccc(Cl)cc1NC(=O)C[n+]1ccc(Cc2ccc([N+](=O)[O-])cc2)cc1.[Cl-]. The Hall–Kier alpha value is -3.16. The highest BCUT2D eigenvalue weighted by Crippen LogP contribution is 2.27. The Morgan fingerprint density at radius 2 is 1.73 bits per heavy atom. The molecule has 2 aromatic carbocycles. The van der Waals surface area contributed by atoms with Crippen LogP contribution in [0.3, 0.4) is 0 Å². The number of pyridine rings is 1. The first-order valence-electron chi connectivity index (χ1n) is 8.79. The van der Waals surface area contributed by atoms with E-state index in [1.165, 1.54) is 19.2 Å². The van der Waals surface area contributed by atoms with Gasteiger partial charge in [-0.15, -0.1) is 0 Å². The van der Waals surface area contributed by atoms with Crippen molar-refractivity contribution in [2.75, 3.05) is 12.4 Å². The molecule has 0 spiro atoms. The van der Waals surface area contributed by atoms with Crippen LogP contribution in [0.25, 0.3) is 0 Å². The number of nitro groups is 1. The molecule has 1 amide bonds. The van der Waals surface area contributed by atoms with Gasteiger partial charge in [0.1, 0.15) is 5.75 Å². The summed E-state index contributed by atoms with van der Waals surface area (Å²) in [6, 6.07) is 15.3. The lowest BCUT2D eigenvalue weighted by Crippen LogP contribution is -3.00. The number of nitrogens with one attached hydrogen (secondary N) is 1. The van der Waals surface area contributed by atoms with Gasteiger partial charge in [0.2, 0.25) is 6.54 Å². The fourth-order valence-corrected chi connectivity index (χ4v) is 2.99. The second kappa shape index (κ2) is 10.6. The van der Waals surface area contributed by atoms with E-state index in [1.54, 1.807) is 34.9 Å². The minimum Gasteiger partial charge on any atom is -1.00 e. The van der Waals surface area contributed by atoms with Crippen molar-refractivity contribution in [2.24, 2.45) is 0 Å². The van der Waals surface area contributed by atoms with Crippen molar-refractivity contribution in [3.63, 3.8) is 0 Å². The van der Waals surface area contributed by atoms with E-state index in [-0.39, 0.29) is 30.5 Å². The Kier molecular flexibility index (Phi) is 8.15. The number of nitro benzene ring substituents is 1. The van der Waals surface area contributed by atoms with E-state index in [9.17, 15) is 14.9 Å². The van der Waals surface area contributed by atoms with Crippen molar-refractivity contribution < 1.29 is 31.4 Å². The normalized spacial score (nSPS) is 10.1. The molecular formula is C21H19Cl2N3O4. The molecule has 1 heterocycles. The third-order valence-electron chi connectivity index (χ3n) is 4.28. The lowest BCUT2D eigenvalue weighted by Gasteiger charge is -2.09. The Bertz CT molecular complexity index is 1030. The maximum atomic E-state index is 12.3. The molecule has 1 aromatic heterocycles. The number of benzene rings is 2. The number of aromatic nitrogens is 1. The van der Waals surface area contributed by atoms with Gasteiger partial charge in [-0.25, -0.2) is 0 Å². The molecule has 0 radical (unpaired) electrons. The number of anilines is 1. The first kappa shape index (κ1) is 23.1. The number of amides is 1. The van der Waals surface area contributed by atoms with Crippen molar-refractivity contribution in [3.8, 4) is 5.75 Å².